The summed E-state index contributed by atoms with van der Waals surface area (Å²) in [5.41, 5.74) is 3.35. The van der Waals surface area contributed by atoms with E-state index in [1.807, 2.05) is 104 Å². The van der Waals surface area contributed by atoms with E-state index in [1.54, 1.807) is 11.3 Å². The summed E-state index contributed by atoms with van der Waals surface area (Å²) < 4.78 is 0. The summed E-state index contributed by atoms with van der Waals surface area (Å²) >= 11 is 1.56. The molecule has 1 N–H and O–H groups in total. The van der Waals surface area contributed by atoms with Gasteiger partial charge in [0.2, 0.25) is 11.8 Å². The Morgan fingerprint density at radius 3 is 2.24 bits per heavy atom. The van der Waals surface area contributed by atoms with Gasteiger partial charge >= 0.3 is 0 Å². The topological polar surface area (TPSA) is 69.7 Å². The SMILES string of the molecule is Cc1ccc(C(=O)C2C(c3cccs3)C(C(=O)N3CCNCC3)N(C(=O)CC(C)(C)C)C2c2cccc(C)c2)cc1. The van der Waals surface area contributed by atoms with Gasteiger partial charge in [-0.3, -0.25) is 14.4 Å². The van der Waals surface area contributed by atoms with Crippen molar-refractivity contribution in [2.24, 2.45) is 11.3 Å². The molecule has 216 valence electrons. The van der Waals surface area contributed by atoms with Gasteiger partial charge in [-0.1, -0.05) is 86.5 Å². The summed E-state index contributed by atoms with van der Waals surface area (Å²) in [5, 5.41) is 5.33. The standard InChI is InChI=1S/C34H41N3O3S/c1-22-11-13-24(14-12-22)32(39)29-28(26-10-7-19-41-26)31(33(40)36-17-15-35-16-18-36)37(27(38)21-34(3,4)5)30(29)25-9-6-8-23(2)20-25/h6-14,19-20,28-31,35H,15-18,21H2,1-5H3. The number of hydrogen-bond acceptors (Lipinski definition) is 5. The van der Waals surface area contributed by atoms with Crippen LogP contribution in [0.15, 0.2) is 66.0 Å². The molecule has 3 heterocycles. The van der Waals surface area contributed by atoms with Gasteiger partial charge in [0.25, 0.3) is 0 Å². The number of Topliss-reactive ketones (excluding diaryl/α,β-unsaturated/α-hetero) is 1. The van der Waals surface area contributed by atoms with E-state index in [0.717, 1.165) is 21.6 Å². The number of hydrogen-bond donors (Lipinski definition) is 1. The summed E-state index contributed by atoms with van der Waals surface area (Å²) in [5.74, 6) is -1.25. The van der Waals surface area contributed by atoms with Gasteiger partial charge in [-0.25, -0.2) is 0 Å². The molecule has 2 fully saturated rings. The molecule has 0 aliphatic carbocycles. The van der Waals surface area contributed by atoms with Gasteiger partial charge in [-0.15, -0.1) is 11.3 Å². The average Bonchev–Trinajstić information content (AvgIpc) is 3.59. The zero-order valence-electron chi connectivity index (χ0n) is 24.7. The quantitative estimate of drug-likeness (QED) is 0.382. The van der Waals surface area contributed by atoms with Crippen LogP contribution in [-0.2, 0) is 9.59 Å². The number of likely N-dealkylation sites (tertiary alicyclic amines) is 1. The van der Waals surface area contributed by atoms with Crippen LogP contribution in [0.1, 0.15) is 71.1 Å². The number of rotatable bonds is 6. The second-order valence-corrected chi connectivity index (χ2v) is 13.7. The van der Waals surface area contributed by atoms with Crippen LogP contribution < -0.4 is 5.32 Å². The number of nitrogens with one attached hydrogen (secondary N) is 1. The van der Waals surface area contributed by atoms with Crippen molar-refractivity contribution >= 4 is 28.9 Å². The van der Waals surface area contributed by atoms with Gasteiger partial charge in [-0.2, -0.15) is 0 Å². The van der Waals surface area contributed by atoms with Crippen LogP contribution in [0.25, 0.3) is 0 Å². The average molecular weight is 572 g/mol. The van der Waals surface area contributed by atoms with Crippen LogP contribution in [0.3, 0.4) is 0 Å². The van der Waals surface area contributed by atoms with Crippen LogP contribution in [0.5, 0.6) is 0 Å². The molecule has 6 nitrogen and oxygen atoms in total. The molecule has 0 radical (unpaired) electrons. The number of amides is 2. The minimum atomic E-state index is -0.772. The lowest BCUT2D eigenvalue weighted by Gasteiger charge is -2.37. The molecule has 4 unspecified atom stereocenters. The summed E-state index contributed by atoms with van der Waals surface area (Å²) in [6.45, 7) is 12.7. The molecule has 3 aromatic rings. The van der Waals surface area contributed by atoms with Gasteiger partial charge in [0.1, 0.15) is 6.04 Å². The van der Waals surface area contributed by atoms with Crippen molar-refractivity contribution in [3.63, 3.8) is 0 Å². The number of piperazine rings is 1. The maximum Gasteiger partial charge on any atom is 0.246 e. The van der Waals surface area contributed by atoms with Crippen LogP contribution in [-0.4, -0.2) is 59.6 Å². The molecular weight excluding hydrogens is 530 g/mol. The Hall–Kier alpha value is -3.29. The number of carbonyl (C=O) groups excluding carboxylic acids is 3. The number of benzene rings is 2. The molecule has 5 rings (SSSR count). The smallest absolute Gasteiger partial charge is 0.246 e. The third kappa shape index (κ3) is 6.16. The Balaban J connectivity index is 1.74. The van der Waals surface area contributed by atoms with E-state index in [9.17, 15) is 14.4 Å². The van der Waals surface area contributed by atoms with Crippen molar-refractivity contribution < 1.29 is 14.4 Å². The molecule has 41 heavy (non-hydrogen) atoms. The lowest BCUT2D eigenvalue weighted by molar-refractivity contribution is -0.147. The Labute approximate surface area is 247 Å². The minimum absolute atomic E-state index is 0.0286. The van der Waals surface area contributed by atoms with Gasteiger partial charge in [0, 0.05) is 49.0 Å². The first-order valence-corrected chi connectivity index (χ1v) is 15.4. The fourth-order valence-corrected chi connectivity index (χ4v) is 7.27. The first-order chi connectivity index (χ1) is 19.5. The molecule has 2 saturated heterocycles. The van der Waals surface area contributed by atoms with E-state index in [0.29, 0.717) is 31.7 Å². The molecule has 2 aliphatic rings. The third-order valence-corrected chi connectivity index (χ3v) is 9.19. The van der Waals surface area contributed by atoms with Crippen LogP contribution in [0, 0.1) is 25.2 Å². The minimum Gasteiger partial charge on any atom is -0.338 e. The van der Waals surface area contributed by atoms with E-state index in [2.05, 4.69) is 11.4 Å². The van der Waals surface area contributed by atoms with Crippen molar-refractivity contribution in [3.05, 3.63) is 93.2 Å². The fraction of sp³-hybridized carbons (Fsp3) is 0.441. The molecule has 0 bridgehead atoms. The highest BCUT2D eigenvalue weighted by atomic mass is 32.1. The molecule has 7 heteroatoms. The molecule has 1 aromatic heterocycles. The Bertz CT molecular complexity index is 1390. The van der Waals surface area contributed by atoms with Gasteiger partial charge in [0.05, 0.1) is 12.0 Å². The molecule has 2 aliphatic heterocycles. The van der Waals surface area contributed by atoms with Gasteiger partial charge in [0.15, 0.2) is 5.78 Å². The molecule has 2 amide bonds. The Morgan fingerprint density at radius 2 is 1.63 bits per heavy atom. The number of ketones is 1. The molecular formula is C34H41N3O3S. The predicted molar refractivity (Wildman–Crippen MR) is 164 cm³/mol. The van der Waals surface area contributed by atoms with E-state index >= 15 is 0 Å². The van der Waals surface area contributed by atoms with E-state index in [4.69, 9.17) is 0 Å². The predicted octanol–water partition coefficient (Wildman–Crippen LogP) is 5.77. The van der Waals surface area contributed by atoms with E-state index < -0.39 is 23.9 Å². The largest absolute Gasteiger partial charge is 0.338 e. The second kappa shape index (κ2) is 11.9. The summed E-state index contributed by atoms with van der Waals surface area (Å²) in [6, 6.07) is 18.4. The lowest BCUT2D eigenvalue weighted by atomic mass is 9.78. The van der Waals surface area contributed by atoms with Gasteiger partial charge < -0.3 is 15.1 Å². The lowest BCUT2D eigenvalue weighted by Crippen LogP contribution is -2.55. The first-order valence-electron chi connectivity index (χ1n) is 14.6. The van der Waals surface area contributed by atoms with Crippen molar-refractivity contribution in [1.29, 1.82) is 0 Å². The Kier molecular flexibility index (Phi) is 8.48. The second-order valence-electron chi connectivity index (χ2n) is 12.7. The van der Waals surface area contributed by atoms with Crippen LogP contribution in [0.2, 0.25) is 0 Å². The normalized spacial score (nSPS) is 23.0. The van der Waals surface area contributed by atoms with Crippen molar-refractivity contribution in [3.8, 4) is 0 Å². The van der Waals surface area contributed by atoms with Crippen LogP contribution in [0.4, 0.5) is 0 Å². The fourth-order valence-electron chi connectivity index (χ4n) is 6.36. The first kappa shape index (κ1) is 29.2. The zero-order chi connectivity index (χ0) is 29.3. The highest BCUT2D eigenvalue weighted by Gasteiger charge is 2.58. The summed E-state index contributed by atoms with van der Waals surface area (Å²) in [6.07, 6.45) is 0.281. The number of carbonyl (C=O) groups is 3. The third-order valence-electron chi connectivity index (χ3n) is 8.21. The van der Waals surface area contributed by atoms with Crippen molar-refractivity contribution in [2.75, 3.05) is 26.2 Å². The molecule has 2 aromatic carbocycles. The molecule has 0 spiro atoms. The summed E-state index contributed by atoms with van der Waals surface area (Å²) in [7, 11) is 0. The van der Waals surface area contributed by atoms with E-state index in [1.165, 1.54) is 0 Å². The van der Waals surface area contributed by atoms with Crippen molar-refractivity contribution in [1.82, 2.24) is 15.1 Å². The maximum absolute atomic E-state index is 14.7. The summed E-state index contributed by atoms with van der Waals surface area (Å²) in [4.78, 5) is 48.3. The van der Waals surface area contributed by atoms with E-state index in [-0.39, 0.29) is 29.4 Å². The highest BCUT2D eigenvalue weighted by molar-refractivity contribution is 7.10. The van der Waals surface area contributed by atoms with Gasteiger partial charge in [-0.05, 0) is 36.3 Å². The number of nitrogens with zero attached hydrogens (tertiary/aromatic N) is 2. The molecule has 0 saturated carbocycles. The van der Waals surface area contributed by atoms with Crippen LogP contribution >= 0.6 is 11.3 Å². The molecule has 4 atom stereocenters. The highest BCUT2D eigenvalue weighted by Crippen LogP contribution is 2.53. The Morgan fingerprint density at radius 1 is 0.927 bits per heavy atom. The monoisotopic (exact) mass is 571 g/mol. The number of thiophene rings is 1. The zero-order valence-corrected chi connectivity index (χ0v) is 25.5. The maximum atomic E-state index is 14.7. The van der Waals surface area contributed by atoms with Crippen molar-refractivity contribution in [2.45, 2.75) is 59.0 Å². The number of aryl methyl sites for hydroxylation is 2.